The summed E-state index contributed by atoms with van der Waals surface area (Å²) in [6.07, 6.45) is 6.17. The summed E-state index contributed by atoms with van der Waals surface area (Å²) in [6.45, 7) is 2.55. The number of likely N-dealkylation sites (tertiary alicyclic amines) is 1. The van der Waals surface area contributed by atoms with Crippen LogP contribution < -0.4 is 10.1 Å². The molecule has 0 unspecified atom stereocenters. The van der Waals surface area contributed by atoms with Gasteiger partial charge in [0, 0.05) is 17.6 Å². The van der Waals surface area contributed by atoms with Crippen molar-refractivity contribution < 1.29 is 19.1 Å². The molecular weight excluding hydrogens is 380 g/mol. The number of benzene rings is 1. The minimum Gasteiger partial charge on any atom is -0.494 e. The second kappa shape index (κ2) is 7.71. The summed E-state index contributed by atoms with van der Waals surface area (Å²) < 4.78 is 5.43. The van der Waals surface area contributed by atoms with Gasteiger partial charge in [-0.2, -0.15) is 0 Å². The van der Waals surface area contributed by atoms with Crippen molar-refractivity contribution in [3.05, 3.63) is 24.3 Å². The van der Waals surface area contributed by atoms with Gasteiger partial charge in [-0.15, -0.1) is 0 Å². The first kappa shape index (κ1) is 19.6. The van der Waals surface area contributed by atoms with Gasteiger partial charge in [-0.3, -0.25) is 19.3 Å². The quantitative estimate of drug-likeness (QED) is 0.753. The van der Waals surface area contributed by atoms with Gasteiger partial charge in [0.25, 0.3) is 0 Å². The van der Waals surface area contributed by atoms with E-state index in [0.717, 1.165) is 43.5 Å². The normalized spacial score (nSPS) is 34.9. The van der Waals surface area contributed by atoms with Crippen LogP contribution >= 0.6 is 0 Å². The van der Waals surface area contributed by atoms with E-state index in [9.17, 15) is 14.4 Å². The molecular formula is C24H30N2O4. The predicted octanol–water partition coefficient (Wildman–Crippen LogP) is 3.61. The Balaban J connectivity index is 1.17. The molecule has 0 spiro atoms. The van der Waals surface area contributed by atoms with Crippen LogP contribution in [0.1, 0.15) is 51.9 Å². The van der Waals surface area contributed by atoms with Crippen molar-refractivity contribution in [2.45, 2.75) is 57.9 Å². The third-order valence-corrected chi connectivity index (χ3v) is 7.83. The first-order valence-electron chi connectivity index (χ1n) is 11.5. The average molecular weight is 411 g/mol. The van der Waals surface area contributed by atoms with E-state index in [1.165, 1.54) is 0 Å². The third kappa shape index (κ3) is 3.21. The fourth-order valence-corrected chi connectivity index (χ4v) is 6.43. The van der Waals surface area contributed by atoms with Gasteiger partial charge < -0.3 is 10.1 Å². The zero-order chi connectivity index (χ0) is 20.8. The molecule has 0 aromatic heterocycles. The Bertz CT molecular complexity index is 815. The van der Waals surface area contributed by atoms with E-state index < -0.39 is 0 Å². The number of imide groups is 1. The highest BCUT2D eigenvalue weighted by molar-refractivity contribution is 6.06. The summed E-state index contributed by atoms with van der Waals surface area (Å²) in [5.74, 6) is 1.67. The van der Waals surface area contributed by atoms with Crippen molar-refractivity contribution in [2.75, 3.05) is 11.9 Å². The summed E-state index contributed by atoms with van der Waals surface area (Å²) in [5.41, 5.74) is 0.763. The van der Waals surface area contributed by atoms with E-state index in [1.807, 2.05) is 31.2 Å². The maximum atomic E-state index is 13.0. The van der Waals surface area contributed by atoms with E-state index in [0.29, 0.717) is 31.3 Å². The number of fused-ring (bicyclic) bond motifs is 5. The number of hydrogen-bond acceptors (Lipinski definition) is 4. The Morgan fingerprint density at radius 3 is 2.13 bits per heavy atom. The lowest BCUT2D eigenvalue weighted by molar-refractivity contribution is -0.144. The van der Waals surface area contributed by atoms with Crippen molar-refractivity contribution in [1.29, 1.82) is 0 Å². The summed E-state index contributed by atoms with van der Waals surface area (Å²) in [4.78, 5) is 40.4. The van der Waals surface area contributed by atoms with E-state index in [1.54, 1.807) is 4.90 Å². The molecule has 4 fully saturated rings. The lowest BCUT2D eigenvalue weighted by atomic mass is 9.81. The van der Waals surface area contributed by atoms with Gasteiger partial charge in [0.1, 0.15) is 5.75 Å². The van der Waals surface area contributed by atoms with Gasteiger partial charge in [-0.25, -0.2) is 0 Å². The van der Waals surface area contributed by atoms with Crippen LogP contribution in [0, 0.1) is 29.6 Å². The molecule has 3 aliphatic carbocycles. The molecule has 5 rings (SSSR count). The molecule has 1 saturated heterocycles. The zero-order valence-electron chi connectivity index (χ0n) is 17.5. The number of amides is 3. The molecule has 160 valence electrons. The first-order valence-corrected chi connectivity index (χ1v) is 11.5. The van der Waals surface area contributed by atoms with E-state index in [2.05, 4.69) is 5.32 Å². The maximum absolute atomic E-state index is 13.0. The Labute approximate surface area is 177 Å². The number of anilines is 1. The van der Waals surface area contributed by atoms with Gasteiger partial charge in [0.2, 0.25) is 17.7 Å². The van der Waals surface area contributed by atoms with Crippen LogP contribution in [0.4, 0.5) is 5.69 Å². The number of nitrogens with zero attached hydrogens (tertiary/aromatic N) is 1. The molecule has 1 heterocycles. The monoisotopic (exact) mass is 410 g/mol. The van der Waals surface area contributed by atoms with Crippen LogP contribution in [0.3, 0.4) is 0 Å². The Morgan fingerprint density at radius 2 is 1.57 bits per heavy atom. The Kier molecular flexibility index (Phi) is 5.03. The fourth-order valence-electron chi connectivity index (χ4n) is 6.43. The zero-order valence-corrected chi connectivity index (χ0v) is 17.5. The molecule has 1 aromatic rings. The number of carbonyl (C=O) groups excluding carboxylic acids is 3. The fraction of sp³-hybridized carbons (Fsp3) is 0.625. The average Bonchev–Trinajstić information content (AvgIpc) is 3.44. The Hall–Kier alpha value is -2.37. The lowest BCUT2D eigenvalue weighted by Gasteiger charge is -2.33. The van der Waals surface area contributed by atoms with Gasteiger partial charge in [0.05, 0.1) is 18.4 Å². The molecule has 6 nitrogen and oxygen atoms in total. The summed E-state index contributed by atoms with van der Waals surface area (Å²) in [6, 6.07) is 7.38. The van der Waals surface area contributed by atoms with Crippen LogP contribution in [-0.2, 0) is 14.4 Å². The lowest BCUT2D eigenvalue weighted by Crippen LogP contribution is -2.44. The highest BCUT2D eigenvalue weighted by Crippen LogP contribution is 2.56. The summed E-state index contributed by atoms with van der Waals surface area (Å²) in [7, 11) is 0. The van der Waals surface area contributed by atoms with Crippen LogP contribution in [-0.4, -0.2) is 35.3 Å². The number of ether oxygens (including phenoxy) is 1. The van der Waals surface area contributed by atoms with Crippen LogP contribution in [0.2, 0.25) is 0 Å². The minimum atomic E-state index is -0.0729. The SMILES string of the molecule is CCOc1ccc(NC(=O)C2CCC(N3C(=O)[C@@H]4[C@@H]5CC[C@@H](C5)[C@@H]4C3=O)CC2)cc1. The van der Waals surface area contributed by atoms with Gasteiger partial charge in [-0.05, 0) is 88.0 Å². The predicted molar refractivity (Wildman–Crippen MR) is 112 cm³/mol. The topological polar surface area (TPSA) is 75.7 Å². The number of nitrogens with one attached hydrogen (secondary N) is 1. The van der Waals surface area contributed by atoms with Gasteiger partial charge in [-0.1, -0.05) is 0 Å². The van der Waals surface area contributed by atoms with Crippen LogP contribution in [0.15, 0.2) is 24.3 Å². The molecule has 4 atom stereocenters. The number of hydrogen-bond donors (Lipinski definition) is 1. The molecule has 3 saturated carbocycles. The van der Waals surface area contributed by atoms with Crippen molar-refractivity contribution in [3.63, 3.8) is 0 Å². The first-order chi connectivity index (χ1) is 14.6. The minimum absolute atomic E-state index is 0.0200. The van der Waals surface area contributed by atoms with E-state index >= 15 is 0 Å². The third-order valence-electron chi connectivity index (χ3n) is 7.83. The standard InChI is InChI=1S/C24H30N2O4/c1-2-30-19-11-7-17(8-12-19)25-22(27)14-5-9-18(10-6-14)26-23(28)20-15-3-4-16(13-15)21(20)24(26)29/h7-8,11-12,14-16,18,20-21H,2-6,9-10,13H2,1H3,(H,25,27)/t14?,15-,16+,18?,20-,21+. The molecule has 1 N–H and O–H groups in total. The highest BCUT2D eigenvalue weighted by atomic mass is 16.5. The van der Waals surface area contributed by atoms with Crippen LogP contribution in [0.25, 0.3) is 0 Å². The summed E-state index contributed by atoms with van der Waals surface area (Å²) >= 11 is 0. The molecule has 2 bridgehead atoms. The molecule has 0 radical (unpaired) electrons. The molecule has 1 aromatic carbocycles. The molecule has 1 aliphatic heterocycles. The molecule has 6 heteroatoms. The summed E-state index contributed by atoms with van der Waals surface area (Å²) in [5, 5.41) is 2.99. The Morgan fingerprint density at radius 1 is 0.967 bits per heavy atom. The van der Waals surface area contributed by atoms with Crippen molar-refractivity contribution >= 4 is 23.4 Å². The largest absolute Gasteiger partial charge is 0.494 e. The van der Waals surface area contributed by atoms with Crippen LogP contribution in [0.5, 0.6) is 5.75 Å². The van der Waals surface area contributed by atoms with Gasteiger partial charge in [0.15, 0.2) is 0 Å². The van der Waals surface area contributed by atoms with Crippen molar-refractivity contribution in [1.82, 2.24) is 4.90 Å². The maximum Gasteiger partial charge on any atom is 0.233 e. The smallest absolute Gasteiger partial charge is 0.233 e. The highest BCUT2D eigenvalue weighted by Gasteiger charge is 2.61. The van der Waals surface area contributed by atoms with Crippen molar-refractivity contribution in [2.24, 2.45) is 29.6 Å². The second-order valence-corrected chi connectivity index (χ2v) is 9.38. The molecule has 4 aliphatic rings. The van der Waals surface area contributed by atoms with Gasteiger partial charge >= 0.3 is 0 Å². The van der Waals surface area contributed by atoms with E-state index in [-0.39, 0.29) is 41.5 Å². The molecule has 30 heavy (non-hydrogen) atoms. The number of carbonyl (C=O) groups is 3. The van der Waals surface area contributed by atoms with E-state index in [4.69, 9.17) is 4.74 Å². The second-order valence-electron chi connectivity index (χ2n) is 9.38. The molecule has 3 amide bonds. The number of rotatable bonds is 5. The van der Waals surface area contributed by atoms with Crippen molar-refractivity contribution in [3.8, 4) is 5.75 Å².